The van der Waals surface area contributed by atoms with E-state index in [0.29, 0.717) is 0 Å². The van der Waals surface area contributed by atoms with Gasteiger partial charge in [-0.3, -0.25) is 0 Å². The van der Waals surface area contributed by atoms with Gasteiger partial charge in [0.25, 0.3) is 0 Å². The van der Waals surface area contributed by atoms with Crippen LogP contribution >= 0.6 is 0 Å². The minimum Gasteiger partial charge on any atom is -0.478 e. The normalized spacial score (nSPS) is 10.5. The van der Waals surface area contributed by atoms with Gasteiger partial charge in [0.15, 0.2) is 11.6 Å². The third-order valence-corrected chi connectivity index (χ3v) is 3.49. The summed E-state index contributed by atoms with van der Waals surface area (Å²) in [6.07, 6.45) is 0. The van der Waals surface area contributed by atoms with E-state index in [4.69, 9.17) is 4.74 Å². The zero-order valence-electron chi connectivity index (χ0n) is 12.9. The average Bonchev–Trinajstić information content (AvgIpc) is 2.63. The van der Waals surface area contributed by atoms with Gasteiger partial charge in [-0.1, -0.05) is 30.3 Å². The lowest BCUT2D eigenvalue weighted by molar-refractivity contribution is 0.0696. The number of carboxylic acid groups (broad SMARTS) is 1. The van der Waals surface area contributed by atoms with E-state index in [1.165, 1.54) is 18.2 Å². The van der Waals surface area contributed by atoms with Crippen molar-refractivity contribution in [2.45, 2.75) is 6.61 Å². The summed E-state index contributed by atoms with van der Waals surface area (Å²) < 4.78 is 32.1. The van der Waals surface area contributed by atoms with Crippen LogP contribution in [0, 0.1) is 11.6 Å². The van der Waals surface area contributed by atoms with Crippen molar-refractivity contribution >= 4 is 5.97 Å². The number of nitrogens with zero attached hydrogens (tertiary/aromatic N) is 1. The average molecular weight is 341 g/mol. The maximum atomic E-state index is 13.4. The van der Waals surface area contributed by atoms with Gasteiger partial charge in [0.1, 0.15) is 6.61 Å². The van der Waals surface area contributed by atoms with Gasteiger partial charge in [0.2, 0.25) is 5.88 Å². The van der Waals surface area contributed by atoms with Crippen LogP contribution in [0.5, 0.6) is 5.88 Å². The van der Waals surface area contributed by atoms with Gasteiger partial charge in [-0.15, -0.1) is 0 Å². The lowest BCUT2D eigenvalue weighted by Gasteiger charge is -2.09. The summed E-state index contributed by atoms with van der Waals surface area (Å²) in [4.78, 5) is 15.5. The molecule has 25 heavy (non-hydrogen) atoms. The number of rotatable bonds is 5. The van der Waals surface area contributed by atoms with Crippen molar-refractivity contribution in [3.05, 3.63) is 83.4 Å². The monoisotopic (exact) mass is 341 g/mol. The van der Waals surface area contributed by atoms with Crippen molar-refractivity contribution in [3.63, 3.8) is 0 Å². The molecule has 0 unspecified atom stereocenters. The Bertz CT molecular complexity index is 914. The molecule has 0 spiro atoms. The molecular formula is C19H13F2NO3. The highest BCUT2D eigenvalue weighted by atomic mass is 19.2. The largest absolute Gasteiger partial charge is 0.478 e. The van der Waals surface area contributed by atoms with E-state index in [2.05, 4.69) is 4.98 Å². The summed E-state index contributed by atoms with van der Waals surface area (Å²) in [6, 6.07) is 15.1. The molecule has 0 fully saturated rings. The lowest BCUT2D eigenvalue weighted by atomic mass is 10.1. The second kappa shape index (κ2) is 7.09. The number of halogens is 2. The van der Waals surface area contributed by atoms with E-state index < -0.39 is 17.6 Å². The topological polar surface area (TPSA) is 59.4 Å². The minimum atomic E-state index is -1.17. The van der Waals surface area contributed by atoms with Gasteiger partial charge in [0, 0.05) is 11.6 Å². The molecule has 0 aliphatic rings. The number of carbonyl (C=O) groups is 1. The molecule has 0 aliphatic heterocycles. The lowest BCUT2D eigenvalue weighted by Crippen LogP contribution is -2.03. The molecule has 0 aliphatic carbocycles. The van der Waals surface area contributed by atoms with Crippen LogP contribution in [-0.4, -0.2) is 16.1 Å². The highest BCUT2D eigenvalue weighted by molar-refractivity contribution is 5.89. The van der Waals surface area contributed by atoms with E-state index >= 15 is 0 Å². The Hall–Kier alpha value is -3.28. The molecule has 2 aromatic carbocycles. The number of ether oxygens (including phenoxy) is 1. The van der Waals surface area contributed by atoms with Crippen LogP contribution in [0.15, 0.2) is 60.7 Å². The molecule has 0 radical (unpaired) electrons. The summed E-state index contributed by atoms with van der Waals surface area (Å²) in [5.74, 6) is -3.11. The summed E-state index contributed by atoms with van der Waals surface area (Å²) >= 11 is 0. The first-order chi connectivity index (χ1) is 12.0. The fourth-order valence-corrected chi connectivity index (χ4v) is 2.24. The molecule has 126 valence electrons. The quantitative estimate of drug-likeness (QED) is 0.751. The van der Waals surface area contributed by atoms with Crippen LogP contribution in [0.3, 0.4) is 0 Å². The fourth-order valence-electron chi connectivity index (χ4n) is 2.24. The van der Waals surface area contributed by atoms with Crippen LogP contribution in [0.1, 0.15) is 15.9 Å². The Morgan fingerprint density at radius 1 is 1.00 bits per heavy atom. The molecule has 0 amide bonds. The smallest absolute Gasteiger partial charge is 0.335 e. The molecule has 0 bridgehead atoms. The van der Waals surface area contributed by atoms with Crippen LogP contribution < -0.4 is 4.74 Å². The third kappa shape index (κ3) is 3.98. The van der Waals surface area contributed by atoms with E-state index in [0.717, 1.165) is 17.7 Å². The number of benzene rings is 2. The van der Waals surface area contributed by atoms with Crippen LogP contribution in [0.4, 0.5) is 8.78 Å². The SMILES string of the molecule is O=C(O)c1cc(OCc2ccccc2)nc(-c2ccc(F)c(F)c2)c1. The van der Waals surface area contributed by atoms with Gasteiger partial charge in [-0.2, -0.15) is 0 Å². The van der Waals surface area contributed by atoms with Crippen molar-refractivity contribution in [1.82, 2.24) is 4.98 Å². The number of pyridine rings is 1. The minimum absolute atomic E-state index is 0.0576. The predicted molar refractivity (Wildman–Crippen MR) is 87.3 cm³/mol. The number of aromatic nitrogens is 1. The van der Waals surface area contributed by atoms with Crippen molar-refractivity contribution in [2.24, 2.45) is 0 Å². The first-order valence-electron chi connectivity index (χ1n) is 7.40. The molecule has 0 atom stereocenters. The predicted octanol–water partition coefficient (Wildman–Crippen LogP) is 4.30. The van der Waals surface area contributed by atoms with E-state index in [1.807, 2.05) is 30.3 Å². The zero-order valence-corrected chi connectivity index (χ0v) is 12.9. The Morgan fingerprint density at radius 2 is 1.76 bits per heavy atom. The first kappa shape index (κ1) is 16.6. The number of aromatic carboxylic acids is 1. The molecule has 1 heterocycles. The molecule has 0 saturated heterocycles. The van der Waals surface area contributed by atoms with Crippen LogP contribution in [0.2, 0.25) is 0 Å². The Labute approximate surface area is 142 Å². The second-order valence-corrected chi connectivity index (χ2v) is 5.29. The number of carboxylic acids is 1. The third-order valence-electron chi connectivity index (χ3n) is 3.49. The fraction of sp³-hybridized carbons (Fsp3) is 0.0526. The van der Waals surface area contributed by atoms with Crippen molar-refractivity contribution in [3.8, 4) is 17.1 Å². The van der Waals surface area contributed by atoms with Gasteiger partial charge in [-0.05, 0) is 29.8 Å². The van der Waals surface area contributed by atoms with Crippen molar-refractivity contribution in [1.29, 1.82) is 0 Å². The summed E-state index contributed by atoms with van der Waals surface area (Å²) in [6.45, 7) is 0.203. The van der Waals surface area contributed by atoms with Crippen molar-refractivity contribution < 1.29 is 23.4 Å². The van der Waals surface area contributed by atoms with Crippen LogP contribution in [0.25, 0.3) is 11.3 Å². The molecular weight excluding hydrogens is 328 g/mol. The Kier molecular flexibility index (Phi) is 4.70. The van der Waals surface area contributed by atoms with Crippen LogP contribution in [-0.2, 0) is 6.61 Å². The van der Waals surface area contributed by atoms with E-state index in [-0.39, 0.29) is 29.3 Å². The van der Waals surface area contributed by atoms with Crippen molar-refractivity contribution in [2.75, 3.05) is 0 Å². The molecule has 1 aromatic heterocycles. The first-order valence-corrected chi connectivity index (χ1v) is 7.40. The van der Waals surface area contributed by atoms with Gasteiger partial charge in [0.05, 0.1) is 11.3 Å². The van der Waals surface area contributed by atoms with E-state index in [9.17, 15) is 18.7 Å². The van der Waals surface area contributed by atoms with Gasteiger partial charge < -0.3 is 9.84 Å². The zero-order chi connectivity index (χ0) is 17.8. The molecule has 3 rings (SSSR count). The summed E-state index contributed by atoms with van der Waals surface area (Å²) in [7, 11) is 0. The molecule has 0 saturated carbocycles. The molecule has 6 heteroatoms. The molecule has 3 aromatic rings. The molecule has 4 nitrogen and oxygen atoms in total. The maximum Gasteiger partial charge on any atom is 0.335 e. The van der Waals surface area contributed by atoms with Gasteiger partial charge in [-0.25, -0.2) is 18.6 Å². The highest BCUT2D eigenvalue weighted by Gasteiger charge is 2.13. The Balaban J connectivity index is 1.94. The summed E-state index contributed by atoms with van der Waals surface area (Å²) in [5.41, 5.74) is 1.27. The second-order valence-electron chi connectivity index (χ2n) is 5.29. The maximum absolute atomic E-state index is 13.4. The summed E-state index contributed by atoms with van der Waals surface area (Å²) in [5, 5.41) is 9.25. The molecule has 1 N–H and O–H groups in total. The Morgan fingerprint density at radius 3 is 2.44 bits per heavy atom. The van der Waals surface area contributed by atoms with Gasteiger partial charge >= 0.3 is 5.97 Å². The number of hydrogen-bond acceptors (Lipinski definition) is 3. The van der Waals surface area contributed by atoms with E-state index in [1.54, 1.807) is 0 Å². The standard InChI is InChI=1S/C19H13F2NO3/c20-15-7-6-13(8-16(15)21)17-9-14(19(23)24)10-18(22-17)25-11-12-4-2-1-3-5-12/h1-10H,11H2,(H,23,24). The number of hydrogen-bond donors (Lipinski definition) is 1. The highest BCUT2D eigenvalue weighted by Crippen LogP contribution is 2.24.